The van der Waals surface area contributed by atoms with Crippen molar-refractivity contribution in [3.63, 3.8) is 0 Å². The van der Waals surface area contributed by atoms with Crippen LogP contribution in [0.5, 0.6) is 5.75 Å². The molecular formula is C12H17BrO2. The average Bonchev–Trinajstić information content (AvgIpc) is 2.16. The summed E-state index contributed by atoms with van der Waals surface area (Å²) in [4.78, 5) is 0. The molecule has 0 heterocycles. The summed E-state index contributed by atoms with van der Waals surface area (Å²) in [6.07, 6.45) is 0.670. The van der Waals surface area contributed by atoms with Crippen LogP contribution in [0.2, 0.25) is 0 Å². The van der Waals surface area contributed by atoms with Gasteiger partial charge in [-0.25, -0.2) is 0 Å². The first-order valence-electron chi connectivity index (χ1n) is 5.07. The fourth-order valence-corrected chi connectivity index (χ4v) is 2.28. The van der Waals surface area contributed by atoms with Crippen LogP contribution in [0.15, 0.2) is 16.6 Å². The van der Waals surface area contributed by atoms with Gasteiger partial charge in [-0.3, -0.25) is 0 Å². The molecule has 0 amide bonds. The summed E-state index contributed by atoms with van der Waals surface area (Å²) < 4.78 is 6.36. The minimum Gasteiger partial charge on any atom is -0.496 e. The second-order valence-electron chi connectivity index (χ2n) is 3.81. The molecule has 0 aliphatic heterocycles. The number of hydrogen-bond donors (Lipinski definition) is 1. The molecule has 0 spiro atoms. The van der Waals surface area contributed by atoms with Crippen LogP contribution >= 0.6 is 15.9 Å². The Labute approximate surface area is 99.4 Å². The van der Waals surface area contributed by atoms with Crippen molar-refractivity contribution >= 4 is 15.9 Å². The summed E-state index contributed by atoms with van der Waals surface area (Å²) in [5.41, 5.74) is 2.34. The van der Waals surface area contributed by atoms with Crippen molar-refractivity contribution in [3.8, 4) is 5.75 Å². The highest BCUT2D eigenvalue weighted by Crippen LogP contribution is 2.33. The monoisotopic (exact) mass is 272 g/mol. The SMILES string of the molecule is COc1cc(Br)cc(CCO)c1C(C)C. The van der Waals surface area contributed by atoms with Crippen LogP contribution in [-0.2, 0) is 6.42 Å². The van der Waals surface area contributed by atoms with Crippen LogP contribution in [-0.4, -0.2) is 18.8 Å². The van der Waals surface area contributed by atoms with E-state index < -0.39 is 0 Å². The predicted molar refractivity (Wildman–Crippen MR) is 65.6 cm³/mol. The Morgan fingerprint density at radius 2 is 2.07 bits per heavy atom. The number of aliphatic hydroxyl groups excluding tert-OH is 1. The van der Waals surface area contributed by atoms with E-state index in [1.54, 1.807) is 7.11 Å². The zero-order valence-electron chi connectivity index (χ0n) is 9.38. The standard InChI is InChI=1S/C12H17BrO2/c1-8(2)12-9(4-5-14)6-10(13)7-11(12)15-3/h6-8,14H,4-5H2,1-3H3. The smallest absolute Gasteiger partial charge is 0.123 e. The third-order valence-corrected chi connectivity index (χ3v) is 2.83. The highest BCUT2D eigenvalue weighted by Gasteiger charge is 2.13. The Morgan fingerprint density at radius 1 is 1.40 bits per heavy atom. The number of rotatable bonds is 4. The third kappa shape index (κ3) is 2.95. The Hall–Kier alpha value is -0.540. The van der Waals surface area contributed by atoms with Gasteiger partial charge in [0.25, 0.3) is 0 Å². The summed E-state index contributed by atoms with van der Waals surface area (Å²) in [5.74, 6) is 1.29. The number of hydrogen-bond acceptors (Lipinski definition) is 2. The van der Waals surface area contributed by atoms with Gasteiger partial charge in [0.1, 0.15) is 5.75 Å². The molecule has 1 aromatic carbocycles. The van der Waals surface area contributed by atoms with Crippen molar-refractivity contribution in [1.82, 2.24) is 0 Å². The van der Waals surface area contributed by atoms with Gasteiger partial charge >= 0.3 is 0 Å². The Kier molecular flexibility index (Phi) is 4.61. The van der Waals surface area contributed by atoms with E-state index in [0.29, 0.717) is 12.3 Å². The normalized spacial score (nSPS) is 10.8. The van der Waals surface area contributed by atoms with E-state index in [1.807, 2.05) is 12.1 Å². The summed E-state index contributed by atoms with van der Waals surface area (Å²) in [6, 6.07) is 4.02. The minimum atomic E-state index is 0.166. The van der Waals surface area contributed by atoms with Crippen LogP contribution in [0, 0.1) is 0 Å². The largest absolute Gasteiger partial charge is 0.496 e. The Balaban J connectivity index is 3.26. The van der Waals surface area contributed by atoms with Crippen LogP contribution in [0.3, 0.4) is 0 Å². The number of benzene rings is 1. The molecule has 84 valence electrons. The van der Waals surface area contributed by atoms with Crippen molar-refractivity contribution < 1.29 is 9.84 Å². The molecule has 0 saturated heterocycles. The first kappa shape index (κ1) is 12.5. The molecule has 0 aromatic heterocycles. The van der Waals surface area contributed by atoms with Crippen LogP contribution < -0.4 is 4.74 Å². The van der Waals surface area contributed by atoms with Gasteiger partial charge in [0.05, 0.1) is 7.11 Å². The van der Waals surface area contributed by atoms with Crippen LogP contribution in [0.4, 0.5) is 0 Å². The second-order valence-corrected chi connectivity index (χ2v) is 4.72. The molecule has 0 unspecified atom stereocenters. The molecule has 3 heteroatoms. The first-order valence-corrected chi connectivity index (χ1v) is 5.86. The van der Waals surface area contributed by atoms with E-state index in [9.17, 15) is 0 Å². The molecule has 0 aliphatic carbocycles. The maximum atomic E-state index is 9.02. The summed E-state index contributed by atoms with van der Waals surface area (Å²) in [5, 5.41) is 9.02. The molecule has 0 fully saturated rings. The van der Waals surface area contributed by atoms with Crippen LogP contribution in [0.25, 0.3) is 0 Å². The third-order valence-electron chi connectivity index (χ3n) is 2.37. The van der Waals surface area contributed by atoms with Gasteiger partial charge in [0.2, 0.25) is 0 Å². The van der Waals surface area contributed by atoms with Gasteiger partial charge in [0.15, 0.2) is 0 Å². The average molecular weight is 273 g/mol. The maximum Gasteiger partial charge on any atom is 0.123 e. The zero-order valence-corrected chi connectivity index (χ0v) is 11.0. The lowest BCUT2D eigenvalue weighted by atomic mass is 9.94. The van der Waals surface area contributed by atoms with Gasteiger partial charge in [-0.1, -0.05) is 29.8 Å². The Bertz CT molecular complexity index is 335. The van der Waals surface area contributed by atoms with Crippen molar-refractivity contribution in [2.24, 2.45) is 0 Å². The Morgan fingerprint density at radius 3 is 2.53 bits per heavy atom. The minimum absolute atomic E-state index is 0.166. The fraction of sp³-hybridized carbons (Fsp3) is 0.500. The van der Waals surface area contributed by atoms with Gasteiger partial charge in [-0.2, -0.15) is 0 Å². The number of methoxy groups -OCH3 is 1. The molecule has 0 saturated carbocycles. The molecule has 1 aromatic rings. The number of aliphatic hydroxyl groups is 1. The summed E-state index contributed by atoms with van der Waals surface area (Å²) in [6.45, 7) is 4.43. The quantitative estimate of drug-likeness (QED) is 0.913. The molecule has 0 atom stereocenters. The lowest BCUT2D eigenvalue weighted by Crippen LogP contribution is -2.02. The van der Waals surface area contributed by atoms with E-state index in [1.165, 1.54) is 5.56 Å². The number of halogens is 1. The lowest BCUT2D eigenvalue weighted by Gasteiger charge is -2.17. The molecule has 0 aliphatic rings. The van der Waals surface area contributed by atoms with Gasteiger partial charge in [-0.05, 0) is 30.0 Å². The van der Waals surface area contributed by atoms with Crippen molar-refractivity contribution in [1.29, 1.82) is 0 Å². The van der Waals surface area contributed by atoms with E-state index >= 15 is 0 Å². The maximum absolute atomic E-state index is 9.02. The molecule has 1 N–H and O–H groups in total. The van der Waals surface area contributed by atoms with E-state index in [0.717, 1.165) is 15.8 Å². The van der Waals surface area contributed by atoms with Gasteiger partial charge < -0.3 is 9.84 Å². The van der Waals surface area contributed by atoms with Gasteiger partial charge in [0, 0.05) is 16.6 Å². The summed E-state index contributed by atoms with van der Waals surface area (Å²) in [7, 11) is 1.68. The summed E-state index contributed by atoms with van der Waals surface area (Å²) >= 11 is 3.45. The first-order chi connectivity index (χ1) is 7.10. The van der Waals surface area contributed by atoms with Crippen LogP contribution in [0.1, 0.15) is 30.9 Å². The van der Waals surface area contributed by atoms with E-state index in [4.69, 9.17) is 9.84 Å². The molecule has 2 nitrogen and oxygen atoms in total. The molecule has 15 heavy (non-hydrogen) atoms. The molecular weight excluding hydrogens is 256 g/mol. The highest BCUT2D eigenvalue weighted by atomic mass is 79.9. The van der Waals surface area contributed by atoms with E-state index in [2.05, 4.69) is 29.8 Å². The van der Waals surface area contributed by atoms with Crippen molar-refractivity contribution in [2.45, 2.75) is 26.2 Å². The van der Waals surface area contributed by atoms with Crippen molar-refractivity contribution in [3.05, 3.63) is 27.7 Å². The fourth-order valence-electron chi connectivity index (χ4n) is 1.80. The lowest BCUT2D eigenvalue weighted by molar-refractivity contribution is 0.298. The molecule has 1 rings (SSSR count). The van der Waals surface area contributed by atoms with Crippen molar-refractivity contribution in [2.75, 3.05) is 13.7 Å². The van der Waals surface area contributed by atoms with E-state index in [-0.39, 0.29) is 6.61 Å². The second kappa shape index (κ2) is 5.52. The van der Waals surface area contributed by atoms with Gasteiger partial charge in [-0.15, -0.1) is 0 Å². The molecule has 0 radical (unpaired) electrons. The predicted octanol–water partition coefficient (Wildman–Crippen LogP) is 3.12. The highest BCUT2D eigenvalue weighted by molar-refractivity contribution is 9.10. The topological polar surface area (TPSA) is 29.5 Å². The zero-order chi connectivity index (χ0) is 11.4. The number of ether oxygens (including phenoxy) is 1. The molecule has 0 bridgehead atoms.